The molecule has 2 N–H and O–H groups in total. The maximum atomic E-state index is 12.5. The van der Waals surface area contributed by atoms with E-state index >= 15 is 0 Å². The molecule has 2 amide bonds. The van der Waals surface area contributed by atoms with Crippen LogP contribution in [0.1, 0.15) is 42.7 Å². The van der Waals surface area contributed by atoms with Crippen molar-refractivity contribution in [3.63, 3.8) is 0 Å². The summed E-state index contributed by atoms with van der Waals surface area (Å²) in [7, 11) is 0. The molecule has 0 radical (unpaired) electrons. The Morgan fingerprint density at radius 2 is 1.73 bits per heavy atom. The highest BCUT2D eigenvalue weighted by Gasteiger charge is 2.30. The Bertz CT molecular complexity index is 907. The number of amides is 2. The quantitative estimate of drug-likeness (QED) is 0.663. The number of aromatic nitrogens is 2. The van der Waals surface area contributed by atoms with Gasteiger partial charge in [-0.25, -0.2) is 4.68 Å². The average Bonchev–Trinajstić information content (AvgIpc) is 3.13. The average molecular weight is 426 g/mol. The molecule has 1 heterocycles. The summed E-state index contributed by atoms with van der Waals surface area (Å²) in [5.74, 6) is -1.78. The highest BCUT2D eigenvalue weighted by atomic mass is 19.4. The fraction of sp³-hybridized carbons (Fsp3) is 0.368. The van der Waals surface area contributed by atoms with Crippen molar-refractivity contribution in [3.8, 4) is 0 Å². The monoisotopic (exact) mass is 426 g/mol. The number of anilines is 1. The summed E-state index contributed by atoms with van der Waals surface area (Å²) in [6.45, 7) is 4.57. The van der Waals surface area contributed by atoms with E-state index in [2.05, 4.69) is 15.7 Å². The minimum atomic E-state index is -4.51. The van der Waals surface area contributed by atoms with E-state index in [0.29, 0.717) is 5.82 Å². The van der Waals surface area contributed by atoms with Crippen LogP contribution >= 0.6 is 0 Å². The first kappa shape index (κ1) is 22.9. The number of hydrogen-bond donors (Lipinski definition) is 2. The first-order valence-corrected chi connectivity index (χ1v) is 8.98. The topological polar surface area (TPSA) is 102 Å². The summed E-state index contributed by atoms with van der Waals surface area (Å²) in [4.78, 5) is 36.0. The Labute approximate surface area is 170 Å². The van der Waals surface area contributed by atoms with Crippen LogP contribution in [0.15, 0.2) is 36.5 Å². The molecular formula is C19H21F3N4O4. The zero-order chi connectivity index (χ0) is 22.5. The molecular weight excluding hydrogens is 405 g/mol. The van der Waals surface area contributed by atoms with Gasteiger partial charge in [0.15, 0.2) is 6.10 Å². The van der Waals surface area contributed by atoms with E-state index in [0.717, 1.165) is 24.3 Å². The molecule has 1 aromatic heterocycles. The van der Waals surface area contributed by atoms with Gasteiger partial charge in [-0.15, -0.1) is 0 Å². The Morgan fingerprint density at radius 1 is 1.10 bits per heavy atom. The minimum Gasteiger partial charge on any atom is -0.451 e. The molecule has 2 aromatic rings. The molecule has 1 aromatic carbocycles. The first-order chi connectivity index (χ1) is 14.0. The van der Waals surface area contributed by atoms with Crippen LogP contribution in [0.25, 0.3) is 0 Å². The van der Waals surface area contributed by atoms with Gasteiger partial charge in [0.25, 0.3) is 11.8 Å². The van der Waals surface area contributed by atoms with Crippen LogP contribution in [-0.2, 0) is 20.5 Å². The zero-order valence-corrected chi connectivity index (χ0v) is 16.5. The molecule has 8 nitrogen and oxygen atoms in total. The van der Waals surface area contributed by atoms with Crippen LogP contribution in [0.3, 0.4) is 0 Å². The molecule has 0 saturated carbocycles. The number of halogens is 3. The summed E-state index contributed by atoms with van der Waals surface area (Å²) in [6.07, 6.45) is -4.14. The van der Waals surface area contributed by atoms with Crippen LogP contribution in [0.4, 0.5) is 19.0 Å². The molecule has 0 spiro atoms. The Morgan fingerprint density at radius 3 is 2.30 bits per heavy atom. The number of carbonyl (C=O) groups is 3. The van der Waals surface area contributed by atoms with E-state index in [4.69, 9.17) is 4.74 Å². The molecule has 11 heteroatoms. The van der Waals surface area contributed by atoms with Gasteiger partial charge in [0.1, 0.15) is 12.4 Å². The third-order valence-electron chi connectivity index (χ3n) is 3.96. The Kier molecular flexibility index (Phi) is 7.19. The molecule has 1 unspecified atom stereocenters. The minimum absolute atomic E-state index is 0.00793. The van der Waals surface area contributed by atoms with E-state index in [-0.39, 0.29) is 11.6 Å². The second-order valence-corrected chi connectivity index (χ2v) is 6.63. The van der Waals surface area contributed by atoms with Gasteiger partial charge >= 0.3 is 12.1 Å². The van der Waals surface area contributed by atoms with E-state index in [1.807, 2.05) is 13.8 Å². The van der Waals surface area contributed by atoms with E-state index in [9.17, 15) is 27.6 Å². The smallest absolute Gasteiger partial charge is 0.416 e. The lowest BCUT2D eigenvalue weighted by Gasteiger charge is -2.16. The largest absolute Gasteiger partial charge is 0.451 e. The number of carbonyl (C=O) groups excluding carboxylic acids is 3. The Balaban J connectivity index is 1.84. The van der Waals surface area contributed by atoms with Crippen molar-refractivity contribution in [3.05, 3.63) is 47.7 Å². The lowest BCUT2D eigenvalue weighted by Crippen LogP contribution is -2.36. The zero-order valence-electron chi connectivity index (χ0n) is 16.5. The SMILES string of the molecule is CC(OC(=O)CNC(=O)c1ccc(C(F)(F)F)cc1)C(=O)Nc1ccnn1C(C)C. The van der Waals surface area contributed by atoms with E-state index in [1.54, 1.807) is 10.7 Å². The number of nitrogens with zero attached hydrogens (tertiary/aromatic N) is 2. The molecule has 0 saturated heterocycles. The summed E-state index contributed by atoms with van der Waals surface area (Å²) in [5, 5.41) is 8.89. The van der Waals surface area contributed by atoms with Crippen molar-refractivity contribution in [2.45, 2.75) is 39.1 Å². The predicted octanol–water partition coefficient (Wildman–Crippen LogP) is 2.78. The van der Waals surface area contributed by atoms with Crippen LogP contribution < -0.4 is 10.6 Å². The molecule has 0 aliphatic heterocycles. The lowest BCUT2D eigenvalue weighted by molar-refractivity contribution is -0.152. The third-order valence-corrected chi connectivity index (χ3v) is 3.96. The van der Waals surface area contributed by atoms with Crippen molar-refractivity contribution in [2.75, 3.05) is 11.9 Å². The second-order valence-electron chi connectivity index (χ2n) is 6.63. The van der Waals surface area contributed by atoms with Crippen molar-refractivity contribution < 1.29 is 32.3 Å². The number of hydrogen-bond acceptors (Lipinski definition) is 5. The predicted molar refractivity (Wildman–Crippen MR) is 101 cm³/mol. The van der Waals surface area contributed by atoms with Gasteiger partial charge in [0.05, 0.1) is 11.8 Å². The molecule has 0 fully saturated rings. The summed E-state index contributed by atoms with van der Waals surface area (Å²) < 4.78 is 44.2. The fourth-order valence-electron chi connectivity index (χ4n) is 2.41. The molecule has 2 rings (SSSR count). The number of esters is 1. The second kappa shape index (κ2) is 9.42. The maximum Gasteiger partial charge on any atom is 0.416 e. The van der Waals surface area contributed by atoms with Gasteiger partial charge in [0.2, 0.25) is 0 Å². The maximum absolute atomic E-state index is 12.5. The lowest BCUT2D eigenvalue weighted by atomic mass is 10.1. The number of benzene rings is 1. The van der Waals surface area contributed by atoms with Gasteiger partial charge in [-0.1, -0.05) is 0 Å². The molecule has 162 valence electrons. The van der Waals surface area contributed by atoms with Gasteiger partial charge in [-0.3, -0.25) is 14.4 Å². The highest BCUT2D eigenvalue weighted by molar-refractivity contribution is 5.97. The Hall–Kier alpha value is -3.37. The number of alkyl halides is 3. The molecule has 0 aliphatic rings. The summed E-state index contributed by atoms with van der Waals surface area (Å²) in [6, 6.07) is 5.13. The number of ether oxygens (including phenoxy) is 1. The van der Waals surface area contributed by atoms with Crippen LogP contribution in [0, 0.1) is 0 Å². The van der Waals surface area contributed by atoms with Crippen LogP contribution in [-0.4, -0.2) is 40.2 Å². The van der Waals surface area contributed by atoms with Crippen LogP contribution in [0.2, 0.25) is 0 Å². The fourth-order valence-corrected chi connectivity index (χ4v) is 2.41. The van der Waals surface area contributed by atoms with Gasteiger partial charge in [0, 0.05) is 17.7 Å². The number of rotatable bonds is 7. The highest BCUT2D eigenvalue weighted by Crippen LogP contribution is 2.29. The summed E-state index contributed by atoms with van der Waals surface area (Å²) >= 11 is 0. The van der Waals surface area contributed by atoms with Crippen molar-refractivity contribution in [1.82, 2.24) is 15.1 Å². The van der Waals surface area contributed by atoms with Gasteiger partial charge < -0.3 is 15.4 Å². The number of nitrogens with one attached hydrogen (secondary N) is 2. The van der Waals surface area contributed by atoms with E-state index in [1.165, 1.54) is 13.1 Å². The van der Waals surface area contributed by atoms with Crippen molar-refractivity contribution in [2.24, 2.45) is 0 Å². The van der Waals surface area contributed by atoms with Gasteiger partial charge in [-0.2, -0.15) is 18.3 Å². The molecule has 0 bridgehead atoms. The van der Waals surface area contributed by atoms with Crippen molar-refractivity contribution in [1.29, 1.82) is 0 Å². The molecule has 1 atom stereocenters. The van der Waals surface area contributed by atoms with Crippen molar-refractivity contribution >= 4 is 23.6 Å². The van der Waals surface area contributed by atoms with Gasteiger partial charge in [-0.05, 0) is 45.0 Å². The molecule has 0 aliphatic carbocycles. The first-order valence-electron chi connectivity index (χ1n) is 8.98. The summed E-state index contributed by atoms with van der Waals surface area (Å²) in [5.41, 5.74) is -0.944. The third kappa shape index (κ3) is 6.06. The molecule has 30 heavy (non-hydrogen) atoms. The normalized spacial score (nSPS) is 12.4. The van der Waals surface area contributed by atoms with Crippen LogP contribution in [0.5, 0.6) is 0 Å². The standard InChI is InChI=1S/C19H21F3N4O4/c1-11(2)26-15(8-9-24-26)25-17(28)12(3)30-16(27)10-23-18(29)13-4-6-14(7-5-13)19(20,21)22/h4-9,11-12H,10H2,1-3H3,(H,23,29)(H,25,28). The van der Waals surface area contributed by atoms with E-state index < -0.39 is 42.2 Å².